The summed E-state index contributed by atoms with van der Waals surface area (Å²) in [6, 6.07) is 15.2. The molecular formula is C22H22BN3O3. The fraction of sp³-hybridized carbons (Fsp3) is 0.182. The normalized spacial score (nSPS) is 15.7. The Morgan fingerprint density at radius 1 is 1.31 bits per heavy atom. The minimum Gasteiger partial charge on any atom is -0.488 e. The van der Waals surface area contributed by atoms with Gasteiger partial charge in [0, 0.05) is 24.4 Å². The van der Waals surface area contributed by atoms with Crippen molar-refractivity contribution in [3.05, 3.63) is 88.7 Å². The maximum atomic E-state index is 10.5. The lowest BCUT2D eigenvalue weighted by Gasteiger charge is -2.29. The van der Waals surface area contributed by atoms with Crippen molar-refractivity contribution in [2.45, 2.75) is 26.1 Å². The third kappa shape index (κ3) is 4.01. The number of nitrogens with two attached hydrogens (primary N) is 1. The molecule has 2 heterocycles. The average molecular weight is 387 g/mol. The molecule has 0 saturated carbocycles. The molecule has 6 nitrogen and oxygen atoms in total. The fourth-order valence-electron chi connectivity index (χ4n) is 3.67. The first-order valence-corrected chi connectivity index (χ1v) is 9.45. The van der Waals surface area contributed by atoms with Gasteiger partial charge in [-0.15, -0.1) is 0 Å². The molecule has 1 aliphatic heterocycles. The zero-order valence-corrected chi connectivity index (χ0v) is 16.1. The Morgan fingerprint density at radius 3 is 2.93 bits per heavy atom. The standard InChI is InChI=1S/C22H22BN3O3/c1-14-4-2-6-17-11-19(29-23(27)21(14)17)16-7-8-18(22(24)25)20(10-16)28-13-15-5-3-9-26-12-15/h2-10,12,19,27H,11,13H2,1H3,(H3,24,25). The molecule has 29 heavy (non-hydrogen) atoms. The van der Waals surface area contributed by atoms with Crippen molar-refractivity contribution < 1.29 is 14.4 Å². The molecular weight excluding hydrogens is 365 g/mol. The van der Waals surface area contributed by atoms with Crippen LogP contribution in [0.1, 0.15) is 33.9 Å². The molecule has 4 rings (SSSR count). The summed E-state index contributed by atoms with van der Waals surface area (Å²) in [7, 11) is -0.975. The number of benzene rings is 2. The van der Waals surface area contributed by atoms with E-state index in [4.69, 9.17) is 20.5 Å². The Kier molecular flexibility index (Phi) is 5.33. The number of pyridine rings is 1. The number of hydrogen-bond acceptors (Lipinski definition) is 5. The number of fused-ring (bicyclic) bond motifs is 1. The van der Waals surface area contributed by atoms with Crippen molar-refractivity contribution in [3.8, 4) is 5.75 Å². The number of hydrogen-bond donors (Lipinski definition) is 3. The smallest absolute Gasteiger partial charge is 0.488 e. The molecule has 1 unspecified atom stereocenters. The van der Waals surface area contributed by atoms with Gasteiger partial charge in [0.1, 0.15) is 18.2 Å². The van der Waals surface area contributed by atoms with E-state index in [1.807, 2.05) is 49.4 Å². The Balaban J connectivity index is 1.62. The van der Waals surface area contributed by atoms with Crippen LogP contribution in [-0.4, -0.2) is 23.0 Å². The van der Waals surface area contributed by atoms with Crippen LogP contribution in [0, 0.1) is 12.3 Å². The molecule has 0 aliphatic carbocycles. The van der Waals surface area contributed by atoms with Crippen LogP contribution in [0.4, 0.5) is 0 Å². The summed E-state index contributed by atoms with van der Waals surface area (Å²) < 4.78 is 11.9. The van der Waals surface area contributed by atoms with E-state index in [0.29, 0.717) is 24.3 Å². The average Bonchev–Trinajstić information content (AvgIpc) is 2.72. The molecule has 0 radical (unpaired) electrons. The molecule has 1 aromatic heterocycles. The van der Waals surface area contributed by atoms with Crippen molar-refractivity contribution in [1.29, 1.82) is 5.41 Å². The quantitative estimate of drug-likeness (QED) is 0.354. The molecule has 3 aromatic rings. The second-order valence-electron chi connectivity index (χ2n) is 7.15. The molecule has 2 aromatic carbocycles. The Labute approximate surface area is 170 Å². The van der Waals surface area contributed by atoms with Crippen LogP contribution in [0.15, 0.2) is 60.9 Å². The van der Waals surface area contributed by atoms with E-state index in [1.165, 1.54) is 0 Å². The summed E-state index contributed by atoms with van der Waals surface area (Å²) in [6.45, 7) is 2.28. The first-order valence-electron chi connectivity index (χ1n) is 9.45. The van der Waals surface area contributed by atoms with Gasteiger partial charge < -0.3 is 20.1 Å². The number of aryl methyl sites for hydroxylation is 1. The number of amidine groups is 1. The van der Waals surface area contributed by atoms with Crippen molar-refractivity contribution >= 4 is 18.4 Å². The molecule has 0 spiro atoms. The summed E-state index contributed by atoms with van der Waals surface area (Å²) in [6.07, 6.45) is 3.77. The zero-order valence-electron chi connectivity index (χ0n) is 16.1. The van der Waals surface area contributed by atoms with Crippen LogP contribution in [-0.2, 0) is 17.7 Å². The molecule has 1 atom stereocenters. The molecule has 146 valence electrons. The van der Waals surface area contributed by atoms with E-state index in [1.54, 1.807) is 18.5 Å². The SMILES string of the molecule is Cc1cccc2c1B(O)OC(c1ccc(C(=N)N)c(OCc3cccnc3)c1)C2. The van der Waals surface area contributed by atoms with Crippen molar-refractivity contribution in [2.24, 2.45) is 5.73 Å². The number of nitrogens with one attached hydrogen (secondary N) is 1. The van der Waals surface area contributed by atoms with Crippen molar-refractivity contribution in [2.75, 3.05) is 0 Å². The van der Waals surface area contributed by atoms with E-state index in [2.05, 4.69) is 4.98 Å². The number of aromatic nitrogens is 1. The highest BCUT2D eigenvalue weighted by molar-refractivity contribution is 6.61. The molecule has 1 aliphatic rings. The minimum absolute atomic E-state index is 0.0664. The molecule has 0 fully saturated rings. The van der Waals surface area contributed by atoms with Crippen molar-refractivity contribution in [3.63, 3.8) is 0 Å². The largest absolute Gasteiger partial charge is 0.492 e. The first-order chi connectivity index (χ1) is 14.0. The van der Waals surface area contributed by atoms with E-state index in [9.17, 15) is 5.02 Å². The predicted molar refractivity (Wildman–Crippen MR) is 112 cm³/mol. The molecule has 0 saturated heterocycles. The molecule has 7 heteroatoms. The van der Waals surface area contributed by atoms with Crippen LogP contribution in [0.3, 0.4) is 0 Å². The number of ether oxygens (including phenoxy) is 1. The van der Waals surface area contributed by atoms with Crippen LogP contribution in [0.2, 0.25) is 0 Å². The third-order valence-corrected chi connectivity index (χ3v) is 5.14. The van der Waals surface area contributed by atoms with Gasteiger partial charge in [0.25, 0.3) is 0 Å². The van der Waals surface area contributed by atoms with E-state index >= 15 is 0 Å². The van der Waals surface area contributed by atoms with Gasteiger partial charge in [0.15, 0.2) is 0 Å². The number of nitrogens with zero attached hydrogens (tertiary/aromatic N) is 1. The van der Waals surface area contributed by atoms with Gasteiger partial charge in [-0.1, -0.05) is 35.9 Å². The van der Waals surface area contributed by atoms with Crippen LogP contribution in [0.25, 0.3) is 0 Å². The Hall–Kier alpha value is -3.16. The van der Waals surface area contributed by atoms with Crippen molar-refractivity contribution in [1.82, 2.24) is 4.98 Å². The van der Waals surface area contributed by atoms with Gasteiger partial charge in [-0.25, -0.2) is 0 Å². The lowest BCUT2D eigenvalue weighted by molar-refractivity contribution is 0.167. The third-order valence-electron chi connectivity index (χ3n) is 5.14. The summed E-state index contributed by atoms with van der Waals surface area (Å²) in [5.41, 5.74) is 11.0. The maximum Gasteiger partial charge on any atom is 0.492 e. The Morgan fingerprint density at radius 2 is 2.17 bits per heavy atom. The van der Waals surface area contributed by atoms with Crippen LogP contribution >= 0.6 is 0 Å². The second-order valence-corrected chi connectivity index (χ2v) is 7.15. The van der Waals surface area contributed by atoms with Crippen LogP contribution < -0.4 is 15.9 Å². The topological polar surface area (TPSA) is 101 Å². The Bertz CT molecular complexity index is 1040. The highest BCUT2D eigenvalue weighted by Crippen LogP contribution is 2.31. The lowest BCUT2D eigenvalue weighted by atomic mass is 9.69. The fourth-order valence-corrected chi connectivity index (χ4v) is 3.67. The summed E-state index contributed by atoms with van der Waals surface area (Å²) in [4.78, 5) is 4.09. The summed E-state index contributed by atoms with van der Waals surface area (Å²) in [5, 5.41) is 18.4. The lowest BCUT2D eigenvalue weighted by Crippen LogP contribution is -2.44. The van der Waals surface area contributed by atoms with Gasteiger partial charge in [-0.05, 0) is 41.7 Å². The second kappa shape index (κ2) is 8.07. The maximum absolute atomic E-state index is 10.5. The summed E-state index contributed by atoms with van der Waals surface area (Å²) >= 11 is 0. The molecule has 0 bridgehead atoms. The van der Waals surface area contributed by atoms with Gasteiger partial charge in [0.05, 0.1) is 11.7 Å². The van der Waals surface area contributed by atoms with Crippen LogP contribution in [0.5, 0.6) is 5.75 Å². The number of rotatable bonds is 5. The highest BCUT2D eigenvalue weighted by atomic mass is 16.5. The minimum atomic E-state index is -0.975. The van der Waals surface area contributed by atoms with Gasteiger partial charge in [-0.2, -0.15) is 0 Å². The van der Waals surface area contributed by atoms with E-state index in [0.717, 1.165) is 27.7 Å². The molecule has 0 amide bonds. The predicted octanol–water partition coefficient (Wildman–Crippen LogP) is 2.25. The number of nitrogen functional groups attached to an aromatic ring is 1. The highest BCUT2D eigenvalue weighted by Gasteiger charge is 2.33. The zero-order chi connectivity index (χ0) is 20.4. The first kappa shape index (κ1) is 19.2. The van der Waals surface area contributed by atoms with E-state index in [-0.39, 0.29) is 11.9 Å². The molecule has 4 N–H and O–H groups in total. The van der Waals surface area contributed by atoms with Gasteiger partial charge in [-0.3, -0.25) is 10.4 Å². The summed E-state index contributed by atoms with van der Waals surface area (Å²) in [5.74, 6) is 0.440. The van der Waals surface area contributed by atoms with Gasteiger partial charge >= 0.3 is 7.12 Å². The van der Waals surface area contributed by atoms with E-state index < -0.39 is 7.12 Å². The monoisotopic (exact) mass is 387 g/mol. The van der Waals surface area contributed by atoms with Gasteiger partial charge in [0.2, 0.25) is 0 Å².